The van der Waals surface area contributed by atoms with Crippen molar-refractivity contribution >= 4 is 35.0 Å². The first kappa shape index (κ1) is 20.3. The van der Waals surface area contributed by atoms with Crippen LogP contribution in [0.25, 0.3) is 0 Å². The van der Waals surface area contributed by atoms with Crippen LogP contribution < -0.4 is 5.32 Å². The van der Waals surface area contributed by atoms with Gasteiger partial charge in [-0.25, -0.2) is 0 Å². The first-order valence-corrected chi connectivity index (χ1v) is 9.23. The van der Waals surface area contributed by atoms with Gasteiger partial charge < -0.3 is 10.2 Å². The summed E-state index contributed by atoms with van der Waals surface area (Å²) in [6.07, 6.45) is 0.228. The fourth-order valence-corrected chi connectivity index (χ4v) is 2.93. The Hall–Kier alpha value is -2.04. The number of hydrogen-bond donors (Lipinski definition) is 1. The molecule has 0 aromatic heterocycles. The second-order valence-electron chi connectivity index (χ2n) is 6.00. The molecule has 0 spiro atoms. The summed E-state index contributed by atoms with van der Waals surface area (Å²) < 4.78 is 0. The molecule has 0 unspecified atom stereocenters. The number of carbonyl (C=O) groups is 2. The van der Waals surface area contributed by atoms with E-state index in [9.17, 15) is 9.59 Å². The fourth-order valence-electron chi connectivity index (χ4n) is 2.61. The van der Waals surface area contributed by atoms with Crippen LogP contribution in [-0.4, -0.2) is 29.3 Å². The molecular weight excluding hydrogens is 371 g/mol. The number of nitrogens with one attached hydrogen (secondary N) is 1. The van der Waals surface area contributed by atoms with Crippen LogP contribution in [-0.2, 0) is 22.6 Å². The summed E-state index contributed by atoms with van der Waals surface area (Å²) in [6, 6.07) is 14.1. The molecule has 0 heterocycles. The first-order valence-electron chi connectivity index (χ1n) is 8.47. The highest BCUT2D eigenvalue weighted by molar-refractivity contribution is 6.42. The van der Waals surface area contributed by atoms with Gasteiger partial charge >= 0.3 is 0 Å². The van der Waals surface area contributed by atoms with Gasteiger partial charge in [0.25, 0.3) is 0 Å². The quantitative estimate of drug-likeness (QED) is 0.771. The monoisotopic (exact) mass is 392 g/mol. The summed E-state index contributed by atoms with van der Waals surface area (Å²) in [6.45, 7) is 4.36. The summed E-state index contributed by atoms with van der Waals surface area (Å²) in [5.41, 5.74) is 1.72. The van der Waals surface area contributed by atoms with E-state index < -0.39 is 6.04 Å². The van der Waals surface area contributed by atoms with Crippen molar-refractivity contribution in [3.05, 3.63) is 69.7 Å². The van der Waals surface area contributed by atoms with Gasteiger partial charge in [-0.05, 0) is 37.1 Å². The molecule has 0 fully saturated rings. The minimum absolute atomic E-state index is 0.124. The molecule has 0 aliphatic heterocycles. The average Bonchev–Trinajstić information content (AvgIpc) is 2.63. The molecule has 0 saturated heterocycles. The van der Waals surface area contributed by atoms with Crippen molar-refractivity contribution in [1.29, 1.82) is 0 Å². The van der Waals surface area contributed by atoms with E-state index in [1.54, 1.807) is 30.0 Å². The molecule has 4 nitrogen and oxygen atoms in total. The smallest absolute Gasteiger partial charge is 0.242 e. The van der Waals surface area contributed by atoms with Crippen molar-refractivity contribution in [3.63, 3.8) is 0 Å². The zero-order valence-corrected chi connectivity index (χ0v) is 16.3. The number of benzene rings is 2. The average molecular weight is 393 g/mol. The van der Waals surface area contributed by atoms with Crippen LogP contribution in [0.2, 0.25) is 10.0 Å². The predicted molar refractivity (Wildman–Crippen MR) is 105 cm³/mol. The van der Waals surface area contributed by atoms with Crippen LogP contribution in [0.1, 0.15) is 25.0 Å². The molecule has 0 aliphatic carbocycles. The van der Waals surface area contributed by atoms with Gasteiger partial charge in [0.2, 0.25) is 11.8 Å². The Bertz CT molecular complexity index is 766. The van der Waals surface area contributed by atoms with Crippen molar-refractivity contribution < 1.29 is 9.59 Å². The largest absolute Gasteiger partial charge is 0.355 e. The zero-order chi connectivity index (χ0) is 19.1. The van der Waals surface area contributed by atoms with Crippen molar-refractivity contribution in [2.75, 3.05) is 6.54 Å². The number of halogens is 2. The standard InChI is InChI=1S/C20H22Cl2N2O2/c1-3-23-20(26)14(2)24(13-16-9-10-17(21)18(22)11-16)19(25)12-15-7-5-4-6-8-15/h4-11,14H,3,12-13H2,1-2H3,(H,23,26)/t14-/m0/s1. The SMILES string of the molecule is CCNC(=O)[C@H](C)N(Cc1ccc(Cl)c(Cl)c1)C(=O)Cc1ccccc1. The van der Waals surface area contributed by atoms with Gasteiger partial charge in [0.15, 0.2) is 0 Å². The molecule has 0 radical (unpaired) electrons. The molecule has 2 rings (SSSR count). The maximum absolute atomic E-state index is 12.9. The molecule has 2 aromatic carbocycles. The Kier molecular flexibility index (Phi) is 7.49. The van der Waals surface area contributed by atoms with E-state index in [1.807, 2.05) is 37.3 Å². The highest BCUT2D eigenvalue weighted by Gasteiger charge is 2.26. The number of likely N-dealkylation sites (N-methyl/N-ethyl adjacent to an activating group) is 1. The van der Waals surface area contributed by atoms with Gasteiger partial charge in [0.05, 0.1) is 16.5 Å². The molecule has 0 saturated carbocycles. The van der Waals surface area contributed by atoms with E-state index in [0.717, 1.165) is 11.1 Å². The molecule has 2 amide bonds. The second-order valence-corrected chi connectivity index (χ2v) is 6.82. The van der Waals surface area contributed by atoms with E-state index >= 15 is 0 Å². The van der Waals surface area contributed by atoms with Crippen LogP contribution in [0.5, 0.6) is 0 Å². The van der Waals surface area contributed by atoms with Gasteiger partial charge in [-0.3, -0.25) is 9.59 Å². The van der Waals surface area contributed by atoms with Crippen LogP contribution in [0.15, 0.2) is 48.5 Å². The Morgan fingerprint density at radius 2 is 1.73 bits per heavy atom. The van der Waals surface area contributed by atoms with Crippen LogP contribution >= 0.6 is 23.2 Å². The minimum atomic E-state index is -0.597. The number of amides is 2. The van der Waals surface area contributed by atoms with Crippen molar-refractivity contribution in [2.45, 2.75) is 32.9 Å². The maximum atomic E-state index is 12.9. The lowest BCUT2D eigenvalue weighted by Crippen LogP contribution is -2.48. The molecule has 26 heavy (non-hydrogen) atoms. The van der Waals surface area contributed by atoms with Gasteiger partial charge in [0.1, 0.15) is 6.04 Å². The number of nitrogens with zero attached hydrogens (tertiary/aromatic N) is 1. The summed E-state index contributed by atoms with van der Waals surface area (Å²) in [5, 5.41) is 3.65. The lowest BCUT2D eigenvalue weighted by atomic mass is 10.1. The van der Waals surface area contributed by atoms with Gasteiger partial charge in [-0.2, -0.15) is 0 Å². The third-order valence-electron chi connectivity index (χ3n) is 4.05. The van der Waals surface area contributed by atoms with Gasteiger partial charge in [-0.1, -0.05) is 59.6 Å². The van der Waals surface area contributed by atoms with E-state index in [2.05, 4.69) is 5.32 Å². The Balaban J connectivity index is 2.23. The van der Waals surface area contributed by atoms with Crippen molar-refractivity contribution in [3.8, 4) is 0 Å². The highest BCUT2D eigenvalue weighted by atomic mass is 35.5. The topological polar surface area (TPSA) is 49.4 Å². The van der Waals surface area contributed by atoms with E-state index in [1.165, 1.54) is 0 Å². The van der Waals surface area contributed by atoms with Crippen LogP contribution in [0, 0.1) is 0 Å². The van der Waals surface area contributed by atoms with Gasteiger partial charge in [-0.15, -0.1) is 0 Å². The van der Waals surface area contributed by atoms with E-state index in [-0.39, 0.29) is 24.8 Å². The lowest BCUT2D eigenvalue weighted by Gasteiger charge is -2.29. The van der Waals surface area contributed by atoms with Crippen molar-refractivity contribution in [1.82, 2.24) is 10.2 Å². The third kappa shape index (κ3) is 5.48. The molecule has 6 heteroatoms. The Labute approximate surface area is 164 Å². The Morgan fingerprint density at radius 3 is 2.35 bits per heavy atom. The lowest BCUT2D eigenvalue weighted by molar-refractivity contribution is -0.140. The molecule has 0 bridgehead atoms. The zero-order valence-electron chi connectivity index (χ0n) is 14.8. The summed E-state index contributed by atoms with van der Waals surface area (Å²) in [4.78, 5) is 26.8. The predicted octanol–water partition coefficient (Wildman–Crippen LogP) is 4.09. The number of hydrogen-bond acceptors (Lipinski definition) is 2. The molecular formula is C20H22Cl2N2O2. The Morgan fingerprint density at radius 1 is 1.04 bits per heavy atom. The number of carbonyl (C=O) groups excluding carboxylic acids is 2. The summed E-state index contributed by atoms with van der Waals surface area (Å²) in [5.74, 6) is -0.310. The van der Waals surface area contributed by atoms with Crippen LogP contribution in [0.4, 0.5) is 0 Å². The minimum Gasteiger partial charge on any atom is -0.355 e. The molecule has 0 aliphatic rings. The van der Waals surface area contributed by atoms with E-state index in [4.69, 9.17) is 23.2 Å². The van der Waals surface area contributed by atoms with Gasteiger partial charge in [0, 0.05) is 13.1 Å². The van der Waals surface area contributed by atoms with Crippen LogP contribution in [0.3, 0.4) is 0 Å². The molecule has 1 N–H and O–H groups in total. The molecule has 1 atom stereocenters. The second kappa shape index (κ2) is 9.60. The molecule has 2 aromatic rings. The molecule has 138 valence electrons. The number of rotatable bonds is 7. The normalized spacial score (nSPS) is 11.7. The summed E-state index contributed by atoms with van der Waals surface area (Å²) in [7, 11) is 0. The summed E-state index contributed by atoms with van der Waals surface area (Å²) >= 11 is 12.0. The highest BCUT2D eigenvalue weighted by Crippen LogP contribution is 2.24. The van der Waals surface area contributed by atoms with Crippen molar-refractivity contribution in [2.24, 2.45) is 0 Å². The maximum Gasteiger partial charge on any atom is 0.242 e. The van der Waals surface area contributed by atoms with E-state index in [0.29, 0.717) is 16.6 Å². The first-order chi connectivity index (χ1) is 12.4. The third-order valence-corrected chi connectivity index (χ3v) is 4.79. The fraction of sp³-hybridized carbons (Fsp3) is 0.300.